The minimum atomic E-state index is 0.670. The van der Waals surface area contributed by atoms with Crippen molar-refractivity contribution >= 4 is 33.4 Å². The number of hydrogen-bond donors (Lipinski definition) is 1. The molecule has 1 fully saturated rings. The lowest BCUT2D eigenvalue weighted by molar-refractivity contribution is 0.881. The molecular formula is C10H12BrNS. The molecule has 70 valence electrons. The summed E-state index contributed by atoms with van der Waals surface area (Å²) in [5.74, 6) is 2.47. The third kappa shape index (κ3) is 2.20. The highest BCUT2D eigenvalue weighted by molar-refractivity contribution is 9.10. The Morgan fingerprint density at radius 1 is 1.46 bits per heavy atom. The van der Waals surface area contributed by atoms with Gasteiger partial charge in [-0.1, -0.05) is 6.07 Å². The Morgan fingerprint density at radius 2 is 2.23 bits per heavy atom. The molecule has 0 amide bonds. The van der Waals surface area contributed by atoms with Crippen LogP contribution in [0, 0.1) is 6.92 Å². The highest BCUT2D eigenvalue weighted by Gasteiger charge is 2.18. The molecule has 0 radical (unpaired) electrons. The number of hydrogen-bond acceptors (Lipinski definition) is 2. The molecule has 0 aliphatic carbocycles. The van der Waals surface area contributed by atoms with E-state index in [1.54, 1.807) is 0 Å². The molecule has 1 aliphatic rings. The van der Waals surface area contributed by atoms with Gasteiger partial charge >= 0.3 is 0 Å². The van der Waals surface area contributed by atoms with Crippen LogP contribution in [0.2, 0.25) is 0 Å². The Balaban J connectivity index is 2.13. The van der Waals surface area contributed by atoms with E-state index in [1.165, 1.54) is 22.8 Å². The maximum Gasteiger partial charge on any atom is 0.0489 e. The van der Waals surface area contributed by atoms with Gasteiger partial charge in [0.05, 0.1) is 0 Å². The van der Waals surface area contributed by atoms with E-state index in [0.29, 0.717) is 6.04 Å². The first-order valence-electron chi connectivity index (χ1n) is 4.36. The molecule has 0 spiro atoms. The second-order valence-corrected chi connectivity index (χ2v) is 5.29. The first-order chi connectivity index (χ1) is 6.25. The second kappa shape index (κ2) is 3.93. The van der Waals surface area contributed by atoms with Gasteiger partial charge < -0.3 is 5.32 Å². The van der Waals surface area contributed by atoms with Crippen LogP contribution in [0.3, 0.4) is 0 Å². The molecule has 1 heterocycles. The molecule has 1 N–H and O–H groups in total. The van der Waals surface area contributed by atoms with E-state index in [9.17, 15) is 0 Å². The summed E-state index contributed by atoms with van der Waals surface area (Å²) in [6.45, 7) is 2.12. The Morgan fingerprint density at radius 3 is 2.85 bits per heavy atom. The van der Waals surface area contributed by atoms with Crippen LogP contribution in [0.5, 0.6) is 0 Å². The number of thioether (sulfide) groups is 1. The summed E-state index contributed by atoms with van der Waals surface area (Å²) < 4.78 is 1.16. The monoisotopic (exact) mass is 257 g/mol. The van der Waals surface area contributed by atoms with Crippen LogP contribution in [-0.4, -0.2) is 17.5 Å². The van der Waals surface area contributed by atoms with Gasteiger partial charge in [0.1, 0.15) is 0 Å². The van der Waals surface area contributed by atoms with E-state index in [4.69, 9.17) is 0 Å². The average Bonchev–Trinajstić information content (AvgIpc) is 2.03. The van der Waals surface area contributed by atoms with Crippen LogP contribution in [0.4, 0.5) is 5.69 Å². The fourth-order valence-electron chi connectivity index (χ4n) is 1.29. The maximum atomic E-state index is 3.54. The molecule has 1 aromatic rings. The number of aryl methyl sites for hydroxylation is 1. The molecule has 13 heavy (non-hydrogen) atoms. The molecule has 1 aromatic carbocycles. The smallest absolute Gasteiger partial charge is 0.0489 e. The Kier molecular flexibility index (Phi) is 2.84. The average molecular weight is 258 g/mol. The molecule has 3 heteroatoms. The van der Waals surface area contributed by atoms with Crippen molar-refractivity contribution in [1.82, 2.24) is 0 Å². The number of benzene rings is 1. The predicted octanol–water partition coefficient (Wildman–Crippen LogP) is 3.28. The first-order valence-corrected chi connectivity index (χ1v) is 6.31. The van der Waals surface area contributed by atoms with Crippen LogP contribution in [0.15, 0.2) is 22.7 Å². The van der Waals surface area contributed by atoms with E-state index in [0.717, 1.165) is 4.47 Å². The Hall–Kier alpha value is -0.150. The van der Waals surface area contributed by atoms with Gasteiger partial charge in [0.25, 0.3) is 0 Å². The van der Waals surface area contributed by atoms with Gasteiger partial charge in [-0.2, -0.15) is 11.8 Å². The molecule has 0 unspecified atom stereocenters. The van der Waals surface area contributed by atoms with Gasteiger partial charge in [-0.3, -0.25) is 0 Å². The number of anilines is 1. The lowest BCUT2D eigenvalue weighted by Crippen LogP contribution is -2.33. The SMILES string of the molecule is Cc1ccc(Br)c(NC2CSC2)c1. The zero-order chi connectivity index (χ0) is 9.26. The zero-order valence-electron chi connectivity index (χ0n) is 7.51. The van der Waals surface area contributed by atoms with Crippen molar-refractivity contribution in [3.8, 4) is 0 Å². The molecule has 1 aliphatic heterocycles. The summed E-state index contributed by atoms with van der Waals surface area (Å²) in [5.41, 5.74) is 2.53. The minimum absolute atomic E-state index is 0.670. The van der Waals surface area contributed by atoms with Gasteiger partial charge in [0, 0.05) is 27.7 Å². The minimum Gasteiger partial charge on any atom is -0.380 e. The highest BCUT2D eigenvalue weighted by Crippen LogP contribution is 2.28. The third-order valence-corrected chi connectivity index (χ3v) is 4.09. The van der Waals surface area contributed by atoms with Gasteiger partial charge in [-0.15, -0.1) is 0 Å². The summed E-state index contributed by atoms with van der Waals surface area (Å²) in [7, 11) is 0. The molecule has 0 bridgehead atoms. The first kappa shape index (κ1) is 9.41. The van der Waals surface area contributed by atoms with Crippen molar-refractivity contribution in [2.24, 2.45) is 0 Å². The predicted molar refractivity (Wildman–Crippen MR) is 63.6 cm³/mol. The summed E-state index contributed by atoms with van der Waals surface area (Å²) in [6, 6.07) is 7.07. The fourth-order valence-corrected chi connectivity index (χ4v) is 2.29. The van der Waals surface area contributed by atoms with Crippen LogP contribution in [0.1, 0.15) is 5.56 Å². The molecule has 1 nitrogen and oxygen atoms in total. The Labute approximate surface area is 91.4 Å². The van der Waals surface area contributed by atoms with E-state index in [2.05, 4.69) is 46.4 Å². The van der Waals surface area contributed by atoms with E-state index < -0.39 is 0 Å². The molecule has 0 aromatic heterocycles. The number of halogens is 1. The highest BCUT2D eigenvalue weighted by atomic mass is 79.9. The van der Waals surface area contributed by atoms with E-state index in [-0.39, 0.29) is 0 Å². The summed E-state index contributed by atoms with van der Waals surface area (Å²) >= 11 is 5.54. The number of rotatable bonds is 2. The zero-order valence-corrected chi connectivity index (χ0v) is 9.91. The quantitative estimate of drug-likeness (QED) is 0.873. The topological polar surface area (TPSA) is 12.0 Å². The molecular weight excluding hydrogens is 246 g/mol. The van der Waals surface area contributed by atoms with Crippen molar-refractivity contribution in [3.63, 3.8) is 0 Å². The van der Waals surface area contributed by atoms with Crippen molar-refractivity contribution in [3.05, 3.63) is 28.2 Å². The molecule has 2 rings (SSSR count). The second-order valence-electron chi connectivity index (χ2n) is 3.36. The van der Waals surface area contributed by atoms with Gasteiger partial charge in [0.15, 0.2) is 0 Å². The van der Waals surface area contributed by atoms with Gasteiger partial charge in [0.2, 0.25) is 0 Å². The van der Waals surface area contributed by atoms with Crippen LogP contribution in [-0.2, 0) is 0 Å². The number of nitrogens with one attached hydrogen (secondary N) is 1. The molecule has 1 saturated heterocycles. The Bertz CT molecular complexity index is 310. The molecule has 0 atom stereocenters. The summed E-state index contributed by atoms with van der Waals surface area (Å²) in [6.07, 6.45) is 0. The van der Waals surface area contributed by atoms with Crippen molar-refractivity contribution in [2.75, 3.05) is 16.8 Å². The lowest BCUT2D eigenvalue weighted by atomic mass is 10.2. The standard InChI is InChI=1S/C10H12BrNS/c1-7-2-3-9(11)10(4-7)12-8-5-13-6-8/h2-4,8,12H,5-6H2,1H3. The van der Waals surface area contributed by atoms with Gasteiger partial charge in [-0.05, 0) is 40.5 Å². The third-order valence-electron chi connectivity index (χ3n) is 2.12. The molecule has 0 saturated carbocycles. The fraction of sp³-hybridized carbons (Fsp3) is 0.400. The van der Waals surface area contributed by atoms with Crippen LogP contribution in [0.25, 0.3) is 0 Å². The lowest BCUT2D eigenvalue weighted by Gasteiger charge is -2.27. The normalized spacial score (nSPS) is 16.8. The summed E-state index contributed by atoms with van der Waals surface area (Å²) in [4.78, 5) is 0. The van der Waals surface area contributed by atoms with Crippen molar-refractivity contribution < 1.29 is 0 Å². The summed E-state index contributed by atoms with van der Waals surface area (Å²) in [5, 5.41) is 3.52. The largest absolute Gasteiger partial charge is 0.380 e. The van der Waals surface area contributed by atoms with Crippen molar-refractivity contribution in [2.45, 2.75) is 13.0 Å². The maximum absolute atomic E-state index is 3.54. The van der Waals surface area contributed by atoms with Crippen LogP contribution >= 0.6 is 27.7 Å². The van der Waals surface area contributed by atoms with Crippen LogP contribution < -0.4 is 5.32 Å². The van der Waals surface area contributed by atoms with Crippen molar-refractivity contribution in [1.29, 1.82) is 0 Å². The van der Waals surface area contributed by atoms with Gasteiger partial charge in [-0.25, -0.2) is 0 Å². The van der Waals surface area contributed by atoms with E-state index >= 15 is 0 Å². The van der Waals surface area contributed by atoms with E-state index in [1.807, 2.05) is 11.8 Å².